The van der Waals surface area contributed by atoms with Crippen LogP contribution in [0.25, 0.3) is 5.69 Å². The van der Waals surface area contributed by atoms with Crippen molar-refractivity contribution in [3.63, 3.8) is 0 Å². The summed E-state index contributed by atoms with van der Waals surface area (Å²) in [5.41, 5.74) is 2.52. The third kappa shape index (κ3) is 2.57. The van der Waals surface area contributed by atoms with Crippen LogP contribution < -0.4 is 4.90 Å². The molecule has 1 aromatic heterocycles. The van der Waals surface area contributed by atoms with Crippen molar-refractivity contribution in [1.82, 2.24) is 4.57 Å². The first-order valence-corrected chi connectivity index (χ1v) is 7.74. The highest BCUT2D eigenvalue weighted by Gasteiger charge is 2.20. The minimum Gasteiger partial charge on any atom is -0.368 e. The highest BCUT2D eigenvalue weighted by Crippen LogP contribution is 2.32. The van der Waals surface area contributed by atoms with Crippen molar-refractivity contribution < 1.29 is 0 Å². The van der Waals surface area contributed by atoms with Crippen LogP contribution in [0, 0.1) is 0 Å². The lowest BCUT2D eigenvalue weighted by Gasteiger charge is -2.36. The maximum absolute atomic E-state index is 3.74. The van der Waals surface area contributed by atoms with Crippen LogP contribution in [0.5, 0.6) is 0 Å². The maximum Gasteiger partial charge on any atom is 0.0514 e. The first kappa shape index (κ1) is 12.8. The SMILES string of the molecule is CC1CCCCN1c1ccc(-n2cccc2)cc1Br. The molecule has 100 valence electrons. The van der Waals surface area contributed by atoms with Crippen molar-refractivity contribution in [2.24, 2.45) is 0 Å². The minimum atomic E-state index is 0.641. The molecular weight excluding hydrogens is 300 g/mol. The van der Waals surface area contributed by atoms with Gasteiger partial charge in [-0.25, -0.2) is 0 Å². The molecule has 2 aromatic rings. The second-order valence-electron chi connectivity index (χ2n) is 5.26. The minimum absolute atomic E-state index is 0.641. The molecule has 1 aliphatic heterocycles. The fourth-order valence-corrected chi connectivity index (χ4v) is 3.45. The number of piperidine rings is 1. The Labute approximate surface area is 123 Å². The van der Waals surface area contributed by atoms with E-state index in [-0.39, 0.29) is 0 Å². The first-order valence-electron chi connectivity index (χ1n) is 6.95. The number of hydrogen-bond donors (Lipinski definition) is 0. The van der Waals surface area contributed by atoms with E-state index in [1.165, 1.54) is 41.7 Å². The van der Waals surface area contributed by atoms with Gasteiger partial charge in [-0.3, -0.25) is 0 Å². The predicted molar refractivity (Wildman–Crippen MR) is 84.1 cm³/mol. The van der Waals surface area contributed by atoms with Gasteiger partial charge in [0.1, 0.15) is 0 Å². The molecule has 0 amide bonds. The second kappa shape index (κ2) is 5.41. The number of anilines is 1. The molecule has 0 N–H and O–H groups in total. The van der Waals surface area contributed by atoms with Crippen molar-refractivity contribution in [2.75, 3.05) is 11.4 Å². The molecule has 2 heterocycles. The van der Waals surface area contributed by atoms with E-state index in [9.17, 15) is 0 Å². The maximum atomic E-state index is 3.74. The number of benzene rings is 1. The number of halogens is 1. The predicted octanol–water partition coefficient (Wildman–Crippen LogP) is 4.62. The molecule has 19 heavy (non-hydrogen) atoms. The van der Waals surface area contributed by atoms with Gasteiger partial charge >= 0.3 is 0 Å². The van der Waals surface area contributed by atoms with E-state index >= 15 is 0 Å². The quantitative estimate of drug-likeness (QED) is 0.784. The molecule has 0 saturated carbocycles. The molecule has 0 aliphatic carbocycles. The summed E-state index contributed by atoms with van der Waals surface area (Å²) in [6.45, 7) is 3.49. The Bertz CT molecular complexity index is 548. The van der Waals surface area contributed by atoms with E-state index in [0.29, 0.717) is 6.04 Å². The van der Waals surface area contributed by atoms with Crippen molar-refractivity contribution >= 4 is 21.6 Å². The summed E-state index contributed by atoms with van der Waals surface area (Å²) in [7, 11) is 0. The van der Waals surface area contributed by atoms with Gasteiger partial charge in [-0.1, -0.05) is 0 Å². The van der Waals surface area contributed by atoms with Crippen molar-refractivity contribution in [3.8, 4) is 5.69 Å². The molecule has 1 aromatic carbocycles. The van der Waals surface area contributed by atoms with Gasteiger partial charge in [-0.2, -0.15) is 0 Å². The Hall–Kier alpha value is -1.22. The zero-order valence-electron chi connectivity index (χ0n) is 11.2. The van der Waals surface area contributed by atoms with Gasteiger partial charge in [0.05, 0.1) is 5.69 Å². The summed E-state index contributed by atoms with van der Waals surface area (Å²) in [5.74, 6) is 0. The van der Waals surface area contributed by atoms with Crippen LogP contribution in [-0.4, -0.2) is 17.2 Å². The Morgan fingerprint density at radius 2 is 1.95 bits per heavy atom. The van der Waals surface area contributed by atoms with Crippen LogP contribution in [0.15, 0.2) is 47.2 Å². The van der Waals surface area contributed by atoms with Crippen LogP contribution in [0.2, 0.25) is 0 Å². The van der Waals surface area contributed by atoms with E-state index in [0.717, 1.165) is 0 Å². The molecule has 0 radical (unpaired) electrons. The molecular formula is C16H19BrN2. The molecule has 3 rings (SSSR count). The number of nitrogens with zero attached hydrogens (tertiary/aromatic N) is 2. The third-order valence-corrected chi connectivity index (χ3v) is 4.58. The van der Waals surface area contributed by atoms with Crippen molar-refractivity contribution in [3.05, 3.63) is 47.2 Å². The smallest absolute Gasteiger partial charge is 0.0514 e. The monoisotopic (exact) mass is 318 g/mol. The molecule has 2 nitrogen and oxygen atoms in total. The zero-order valence-corrected chi connectivity index (χ0v) is 12.8. The molecule has 1 aliphatic rings. The highest BCUT2D eigenvalue weighted by atomic mass is 79.9. The van der Waals surface area contributed by atoms with Crippen LogP contribution in [-0.2, 0) is 0 Å². The standard InChI is InChI=1S/C16H19BrN2/c1-13-6-2-3-11-19(13)16-8-7-14(12-15(16)17)18-9-4-5-10-18/h4-5,7-10,12-13H,2-3,6,11H2,1H3. The summed E-state index contributed by atoms with van der Waals surface area (Å²) < 4.78 is 3.32. The molecule has 3 heteroatoms. The lowest BCUT2D eigenvalue weighted by atomic mass is 10.0. The molecule has 1 atom stereocenters. The third-order valence-electron chi connectivity index (χ3n) is 3.95. The fourth-order valence-electron chi connectivity index (χ4n) is 2.85. The number of rotatable bonds is 2. The normalized spacial score (nSPS) is 19.7. The van der Waals surface area contributed by atoms with Gasteiger partial charge in [0.25, 0.3) is 0 Å². The number of hydrogen-bond acceptors (Lipinski definition) is 1. The van der Waals surface area contributed by atoms with Crippen LogP contribution in [0.3, 0.4) is 0 Å². The Balaban J connectivity index is 1.91. The van der Waals surface area contributed by atoms with Crippen LogP contribution in [0.4, 0.5) is 5.69 Å². The van der Waals surface area contributed by atoms with Gasteiger partial charge in [0, 0.05) is 35.1 Å². The lowest BCUT2D eigenvalue weighted by Crippen LogP contribution is -2.37. The van der Waals surface area contributed by atoms with E-state index < -0.39 is 0 Å². The van der Waals surface area contributed by atoms with Gasteiger partial charge in [-0.05, 0) is 72.4 Å². The topological polar surface area (TPSA) is 8.17 Å². The average molecular weight is 319 g/mol. The Morgan fingerprint density at radius 3 is 2.63 bits per heavy atom. The zero-order chi connectivity index (χ0) is 13.2. The van der Waals surface area contributed by atoms with E-state index in [2.05, 4.69) is 75.0 Å². The summed E-state index contributed by atoms with van der Waals surface area (Å²) >= 11 is 3.74. The molecule has 0 spiro atoms. The van der Waals surface area contributed by atoms with Crippen LogP contribution >= 0.6 is 15.9 Å². The van der Waals surface area contributed by atoms with Gasteiger partial charge in [-0.15, -0.1) is 0 Å². The van der Waals surface area contributed by atoms with E-state index in [1.54, 1.807) is 0 Å². The molecule has 1 saturated heterocycles. The number of aromatic nitrogens is 1. The van der Waals surface area contributed by atoms with Crippen LogP contribution in [0.1, 0.15) is 26.2 Å². The largest absolute Gasteiger partial charge is 0.368 e. The highest BCUT2D eigenvalue weighted by molar-refractivity contribution is 9.10. The van der Waals surface area contributed by atoms with E-state index in [4.69, 9.17) is 0 Å². The van der Waals surface area contributed by atoms with Crippen molar-refractivity contribution in [1.29, 1.82) is 0 Å². The van der Waals surface area contributed by atoms with Gasteiger partial charge in [0.15, 0.2) is 0 Å². The summed E-state index contributed by atoms with van der Waals surface area (Å²) in [4.78, 5) is 2.52. The summed E-state index contributed by atoms with van der Waals surface area (Å²) in [6, 6.07) is 11.4. The second-order valence-corrected chi connectivity index (χ2v) is 6.12. The fraction of sp³-hybridized carbons (Fsp3) is 0.375. The molecule has 1 fully saturated rings. The van der Waals surface area contributed by atoms with Crippen molar-refractivity contribution in [2.45, 2.75) is 32.2 Å². The Kier molecular flexibility index (Phi) is 3.65. The van der Waals surface area contributed by atoms with Gasteiger partial charge in [0.2, 0.25) is 0 Å². The van der Waals surface area contributed by atoms with E-state index in [1.807, 2.05) is 0 Å². The summed E-state index contributed by atoms with van der Waals surface area (Å²) in [5, 5.41) is 0. The molecule has 0 bridgehead atoms. The summed E-state index contributed by atoms with van der Waals surface area (Å²) in [6.07, 6.45) is 8.11. The lowest BCUT2D eigenvalue weighted by molar-refractivity contribution is 0.484. The first-order chi connectivity index (χ1) is 9.25. The average Bonchev–Trinajstić information content (AvgIpc) is 2.94. The van der Waals surface area contributed by atoms with Gasteiger partial charge < -0.3 is 9.47 Å². The Morgan fingerprint density at radius 1 is 1.16 bits per heavy atom. The molecule has 1 unspecified atom stereocenters.